The van der Waals surface area contributed by atoms with Crippen molar-refractivity contribution in [2.45, 2.75) is 26.2 Å². The zero-order valence-corrected chi connectivity index (χ0v) is 12.5. The van der Waals surface area contributed by atoms with E-state index in [2.05, 4.69) is 20.7 Å². The first-order chi connectivity index (χ1) is 11.1. The van der Waals surface area contributed by atoms with Gasteiger partial charge in [-0.05, 0) is 43.9 Å². The van der Waals surface area contributed by atoms with Crippen LogP contribution >= 0.6 is 0 Å². The normalized spacial score (nSPS) is 13.7. The van der Waals surface area contributed by atoms with Crippen LogP contribution in [-0.4, -0.2) is 26.7 Å². The summed E-state index contributed by atoms with van der Waals surface area (Å²) in [7, 11) is 0. The number of carbonyl (C=O) groups is 1. The fourth-order valence-corrected chi connectivity index (χ4v) is 2.58. The molecule has 0 aliphatic heterocycles. The van der Waals surface area contributed by atoms with Crippen LogP contribution in [0.25, 0.3) is 0 Å². The second-order valence-electron chi connectivity index (χ2n) is 5.32. The molecule has 2 N–H and O–H groups in total. The standard InChI is InChI=1S/C15H15N5O3/c1-9(10-5-7-11(8-6-10)20(22)23)16-19-15(21)14-12-3-2-4-13(12)17-18-14/h5-8H,2-4H2,1H3,(H,17,18)(H,19,21)/b16-9+. The number of aromatic nitrogens is 2. The smallest absolute Gasteiger partial charge is 0.281 e. The number of hydrogen-bond donors (Lipinski definition) is 2. The summed E-state index contributed by atoms with van der Waals surface area (Å²) < 4.78 is 0. The SMILES string of the molecule is C/C(=N\NC(=O)c1n[nH]c2c1CCC2)c1ccc([N+](=O)[O-])cc1. The highest BCUT2D eigenvalue weighted by Crippen LogP contribution is 2.22. The zero-order valence-electron chi connectivity index (χ0n) is 12.5. The fourth-order valence-electron chi connectivity index (χ4n) is 2.58. The number of aromatic amines is 1. The number of fused-ring (bicyclic) bond motifs is 1. The number of amides is 1. The molecule has 1 aromatic carbocycles. The molecule has 1 amide bonds. The highest BCUT2D eigenvalue weighted by atomic mass is 16.6. The molecule has 23 heavy (non-hydrogen) atoms. The predicted octanol–water partition coefficient (Wildman–Crippen LogP) is 1.96. The van der Waals surface area contributed by atoms with E-state index in [1.54, 1.807) is 19.1 Å². The summed E-state index contributed by atoms with van der Waals surface area (Å²) in [4.78, 5) is 22.3. The third kappa shape index (κ3) is 2.96. The Bertz CT molecular complexity index is 792. The quantitative estimate of drug-likeness (QED) is 0.510. The van der Waals surface area contributed by atoms with E-state index in [4.69, 9.17) is 0 Å². The van der Waals surface area contributed by atoms with Crippen LogP contribution in [0.3, 0.4) is 0 Å². The lowest BCUT2D eigenvalue weighted by Crippen LogP contribution is -2.21. The number of rotatable bonds is 4. The summed E-state index contributed by atoms with van der Waals surface area (Å²) in [5, 5.41) is 21.6. The van der Waals surface area contributed by atoms with Crippen molar-refractivity contribution < 1.29 is 9.72 Å². The average molecular weight is 313 g/mol. The second kappa shape index (κ2) is 5.99. The first-order valence-corrected chi connectivity index (χ1v) is 7.22. The van der Waals surface area contributed by atoms with Gasteiger partial charge in [0.1, 0.15) is 0 Å². The Labute approximate surface area is 131 Å². The number of carbonyl (C=O) groups excluding carboxylic acids is 1. The van der Waals surface area contributed by atoms with Crippen LogP contribution in [0, 0.1) is 10.1 Å². The molecule has 0 saturated heterocycles. The van der Waals surface area contributed by atoms with Gasteiger partial charge in [-0.2, -0.15) is 10.2 Å². The summed E-state index contributed by atoms with van der Waals surface area (Å²) in [6.45, 7) is 1.72. The zero-order chi connectivity index (χ0) is 16.4. The van der Waals surface area contributed by atoms with Crippen molar-refractivity contribution in [3.05, 3.63) is 56.9 Å². The van der Waals surface area contributed by atoms with E-state index in [0.29, 0.717) is 17.0 Å². The van der Waals surface area contributed by atoms with Gasteiger partial charge in [-0.25, -0.2) is 5.43 Å². The minimum Gasteiger partial charge on any atom is -0.281 e. The molecule has 0 unspecified atom stereocenters. The van der Waals surface area contributed by atoms with Gasteiger partial charge in [-0.15, -0.1) is 0 Å². The molecule has 8 heteroatoms. The van der Waals surface area contributed by atoms with E-state index >= 15 is 0 Å². The summed E-state index contributed by atoms with van der Waals surface area (Å²) in [6, 6.07) is 5.98. The number of H-pyrrole nitrogens is 1. The van der Waals surface area contributed by atoms with E-state index in [9.17, 15) is 14.9 Å². The van der Waals surface area contributed by atoms with E-state index in [1.807, 2.05) is 0 Å². The lowest BCUT2D eigenvalue weighted by molar-refractivity contribution is -0.384. The molecule has 3 rings (SSSR count). The third-order valence-electron chi connectivity index (χ3n) is 3.84. The van der Waals surface area contributed by atoms with Crippen molar-refractivity contribution in [1.82, 2.24) is 15.6 Å². The van der Waals surface area contributed by atoms with Gasteiger partial charge in [0.25, 0.3) is 11.6 Å². The van der Waals surface area contributed by atoms with Gasteiger partial charge < -0.3 is 0 Å². The van der Waals surface area contributed by atoms with E-state index in [-0.39, 0.29) is 11.6 Å². The van der Waals surface area contributed by atoms with Crippen molar-refractivity contribution in [2.75, 3.05) is 0 Å². The number of nitro groups is 1. The van der Waals surface area contributed by atoms with Gasteiger partial charge in [0.2, 0.25) is 0 Å². The summed E-state index contributed by atoms with van der Waals surface area (Å²) in [6.07, 6.45) is 2.79. The Morgan fingerprint density at radius 3 is 2.78 bits per heavy atom. The average Bonchev–Trinajstić information content (AvgIpc) is 3.15. The lowest BCUT2D eigenvalue weighted by Gasteiger charge is -2.02. The number of aryl methyl sites for hydroxylation is 1. The molecule has 0 saturated carbocycles. The number of non-ortho nitro benzene ring substituents is 1. The summed E-state index contributed by atoms with van der Waals surface area (Å²) in [5.41, 5.74) is 6.12. The second-order valence-corrected chi connectivity index (χ2v) is 5.32. The molecule has 1 heterocycles. The molecule has 0 atom stereocenters. The van der Waals surface area contributed by atoms with E-state index in [0.717, 1.165) is 30.5 Å². The Balaban J connectivity index is 1.71. The molecular formula is C15H15N5O3. The lowest BCUT2D eigenvalue weighted by atomic mass is 10.1. The maximum absolute atomic E-state index is 12.2. The molecule has 118 valence electrons. The first-order valence-electron chi connectivity index (χ1n) is 7.22. The van der Waals surface area contributed by atoms with Crippen molar-refractivity contribution in [1.29, 1.82) is 0 Å². The Hall–Kier alpha value is -3.03. The van der Waals surface area contributed by atoms with Crippen LogP contribution in [0.4, 0.5) is 5.69 Å². The molecule has 1 aromatic heterocycles. The van der Waals surface area contributed by atoms with Crippen molar-refractivity contribution >= 4 is 17.3 Å². The van der Waals surface area contributed by atoms with Gasteiger partial charge in [0.05, 0.1) is 10.6 Å². The van der Waals surface area contributed by atoms with Crippen LogP contribution in [-0.2, 0) is 12.8 Å². The maximum atomic E-state index is 12.2. The molecular weight excluding hydrogens is 298 g/mol. The molecule has 0 spiro atoms. The monoisotopic (exact) mass is 313 g/mol. The Morgan fingerprint density at radius 2 is 2.09 bits per heavy atom. The molecule has 1 aliphatic carbocycles. The molecule has 0 bridgehead atoms. The van der Waals surface area contributed by atoms with Gasteiger partial charge in [0.15, 0.2) is 5.69 Å². The molecule has 1 aliphatic rings. The van der Waals surface area contributed by atoms with Crippen LogP contribution in [0.5, 0.6) is 0 Å². The van der Waals surface area contributed by atoms with Crippen LogP contribution in [0.2, 0.25) is 0 Å². The van der Waals surface area contributed by atoms with Gasteiger partial charge in [0, 0.05) is 23.4 Å². The number of nitrogens with one attached hydrogen (secondary N) is 2. The summed E-state index contributed by atoms with van der Waals surface area (Å²) >= 11 is 0. The first kappa shape index (κ1) is 14.9. The largest absolute Gasteiger partial charge is 0.292 e. The van der Waals surface area contributed by atoms with E-state index < -0.39 is 4.92 Å². The van der Waals surface area contributed by atoms with Crippen LogP contribution in [0.15, 0.2) is 29.4 Å². The highest BCUT2D eigenvalue weighted by Gasteiger charge is 2.22. The highest BCUT2D eigenvalue weighted by molar-refractivity contribution is 6.00. The summed E-state index contributed by atoms with van der Waals surface area (Å²) in [5.74, 6) is -0.356. The number of hydrogen-bond acceptors (Lipinski definition) is 5. The van der Waals surface area contributed by atoms with Gasteiger partial charge in [-0.3, -0.25) is 20.0 Å². The topological polar surface area (TPSA) is 113 Å². The molecule has 0 fully saturated rings. The Kier molecular flexibility index (Phi) is 3.88. The predicted molar refractivity (Wildman–Crippen MR) is 83.4 cm³/mol. The molecule has 8 nitrogen and oxygen atoms in total. The minimum atomic E-state index is -0.462. The van der Waals surface area contributed by atoms with Crippen LogP contribution in [0.1, 0.15) is 40.7 Å². The number of hydrazone groups is 1. The fraction of sp³-hybridized carbons (Fsp3) is 0.267. The molecule has 0 radical (unpaired) electrons. The maximum Gasteiger partial charge on any atom is 0.292 e. The van der Waals surface area contributed by atoms with Crippen molar-refractivity contribution in [3.8, 4) is 0 Å². The minimum absolute atomic E-state index is 0.0117. The number of benzene rings is 1. The van der Waals surface area contributed by atoms with Gasteiger partial charge in [-0.1, -0.05) is 0 Å². The van der Waals surface area contributed by atoms with Crippen LogP contribution < -0.4 is 5.43 Å². The van der Waals surface area contributed by atoms with Crippen molar-refractivity contribution in [3.63, 3.8) is 0 Å². The third-order valence-corrected chi connectivity index (χ3v) is 3.84. The number of nitrogens with zero attached hydrogens (tertiary/aromatic N) is 3. The Morgan fingerprint density at radius 1 is 1.35 bits per heavy atom. The van der Waals surface area contributed by atoms with Crippen molar-refractivity contribution in [2.24, 2.45) is 5.10 Å². The molecule has 2 aromatic rings. The number of nitro benzene ring substituents is 1. The van der Waals surface area contributed by atoms with Gasteiger partial charge >= 0.3 is 0 Å². The van der Waals surface area contributed by atoms with E-state index in [1.165, 1.54) is 12.1 Å².